The molecule has 0 spiro atoms. The van der Waals surface area contributed by atoms with Crippen molar-refractivity contribution in [2.24, 2.45) is 0 Å². The number of aromatic nitrogens is 2. The average Bonchev–Trinajstić information content (AvgIpc) is 2.84. The van der Waals surface area contributed by atoms with Gasteiger partial charge in [0.1, 0.15) is 5.75 Å². The van der Waals surface area contributed by atoms with Crippen LogP contribution in [-0.4, -0.2) is 23.1 Å². The van der Waals surface area contributed by atoms with Crippen LogP contribution in [0.3, 0.4) is 0 Å². The smallest absolute Gasteiger partial charge is 0.210 e. The van der Waals surface area contributed by atoms with Crippen LogP contribution in [0.2, 0.25) is 0 Å². The molecule has 0 unspecified atom stereocenters. The fourth-order valence-electron chi connectivity index (χ4n) is 1.24. The predicted octanol–water partition coefficient (Wildman–Crippen LogP) is 2.91. The molecule has 2 rings (SSSR count). The Labute approximate surface area is 113 Å². The topological polar surface area (TPSA) is 70.8 Å². The number of thioether (sulfide) groups is 1. The van der Waals surface area contributed by atoms with Gasteiger partial charge in [-0.3, -0.25) is 0 Å². The van der Waals surface area contributed by atoms with Crippen LogP contribution < -0.4 is 10.1 Å². The van der Waals surface area contributed by atoms with Crippen LogP contribution in [0.4, 0.5) is 10.8 Å². The maximum absolute atomic E-state index is 8.48. The third kappa shape index (κ3) is 3.35. The quantitative estimate of drug-likeness (QED) is 0.848. The van der Waals surface area contributed by atoms with Crippen LogP contribution in [0.25, 0.3) is 0 Å². The van der Waals surface area contributed by atoms with Gasteiger partial charge in [0.2, 0.25) is 5.13 Å². The predicted molar refractivity (Wildman–Crippen MR) is 72.5 cm³/mol. The summed E-state index contributed by atoms with van der Waals surface area (Å²) in [7, 11) is 1.63. The summed E-state index contributed by atoms with van der Waals surface area (Å²) in [6.07, 6.45) is 0. The second kappa shape index (κ2) is 6.23. The van der Waals surface area contributed by atoms with E-state index < -0.39 is 0 Å². The number of rotatable bonds is 5. The highest BCUT2D eigenvalue weighted by atomic mass is 32.2. The molecule has 7 heteroatoms. The molecule has 18 heavy (non-hydrogen) atoms. The number of hydrogen-bond donors (Lipinski definition) is 1. The Hall–Kier alpha value is -1.78. The molecule has 0 saturated heterocycles. The van der Waals surface area contributed by atoms with Gasteiger partial charge in [-0.25, -0.2) is 0 Å². The maximum atomic E-state index is 8.48. The zero-order valence-corrected chi connectivity index (χ0v) is 11.2. The summed E-state index contributed by atoms with van der Waals surface area (Å²) in [5.74, 6) is 1.16. The van der Waals surface area contributed by atoms with Crippen molar-refractivity contribution in [2.45, 2.75) is 4.34 Å². The monoisotopic (exact) mass is 278 g/mol. The van der Waals surface area contributed by atoms with Crippen molar-refractivity contribution in [1.82, 2.24) is 10.2 Å². The number of nitrogens with zero attached hydrogens (tertiary/aromatic N) is 3. The molecule has 0 atom stereocenters. The molecule has 0 fully saturated rings. The number of benzene rings is 1. The van der Waals surface area contributed by atoms with Gasteiger partial charge in [0.05, 0.1) is 18.9 Å². The van der Waals surface area contributed by atoms with Gasteiger partial charge in [0.25, 0.3) is 0 Å². The molecule has 1 heterocycles. The van der Waals surface area contributed by atoms with Crippen LogP contribution in [0.5, 0.6) is 5.75 Å². The Balaban J connectivity index is 2.04. The average molecular weight is 278 g/mol. The van der Waals surface area contributed by atoms with Crippen molar-refractivity contribution in [3.8, 4) is 11.8 Å². The Morgan fingerprint density at radius 2 is 2.39 bits per heavy atom. The first kappa shape index (κ1) is 12.7. The Morgan fingerprint density at radius 3 is 3.17 bits per heavy atom. The van der Waals surface area contributed by atoms with Gasteiger partial charge in [0, 0.05) is 11.8 Å². The Kier molecular flexibility index (Phi) is 4.39. The van der Waals surface area contributed by atoms with E-state index in [2.05, 4.69) is 21.6 Å². The number of nitrogens with one attached hydrogen (secondary N) is 1. The van der Waals surface area contributed by atoms with Crippen LogP contribution in [0, 0.1) is 11.3 Å². The van der Waals surface area contributed by atoms with Crippen molar-refractivity contribution in [3.63, 3.8) is 0 Å². The molecule has 1 N–H and O–H groups in total. The maximum Gasteiger partial charge on any atom is 0.210 e. The lowest BCUT2D eigenvalue weighted by molar-refractivity contribution is 0.415. The number of hydrogen-bond acceptors (Lipinski definition) is 7. The van der Waals surface area contributed by atoms with E-state index in [9.17, 15) is 0 Å². The first-order chi connectivity index (χ1) is 8.81. The second-order valence-corrected chi connectivity index (χ2v) is 5.38. The Bertz CT molecular complexity index is 564. The zero-order valence-electron chi connectivity index (χ0n) is 9.58. The molecule has 0 aliphatic heterocycles. The normalized spacial score (nSPS) is 9.78. The van der Waals surface area contributed by atoms with Crippen molar-refractivity contribution in [3.05, 3.63) is 24.3 Å². The molecular weight excluding hydrogens is 268 g/mol. The summed E-state index contributed by atoms with van der Waals surface area (Å²) in [6.45, 7) is 0. The van der Waals surface area contributed by atoms with E-state index >= 15 is 0 Å². The van der Waals surface area contributed by atoms with Crippen LogP contribution >= 0.6 is 23.1 Å². The molecule has 0 radical (unpaired) electrons. The third-order valence-electron chi connectivity index (χ3n) is 1.99. The summed E-state index contributed by atoms with van der Waals surface area (Å²) in [5, 5.41) is 20.3. The third-order valence-corrected chi connectivity index (χ3v) is 3.83. The van der Waals surface area contributed by atoms with E-state index in [1.54, 1.807) is 7.11 Å². The minimum Gasteiger partial charge on any atom is -0.497 e. The van der Waals surface area contributed by atoms with E-state index in [1.165, 1.54) is 23.1 Å². The molecule has 2 aromatic rings. The minimum absolute atomic E-state index is 0.383. The molecular formula is C11H10N4OS2. The zero-order chi connectivity index (χ0) is 12.8. The molecule has 5 nitrogen and oxygen atoms in total. The number of ether oxygens (including phenoxy) is 1. The Morgan fingerprint density at radius 1 is 1.50 bits per heavy atom. The molecule has 0 aliphatic carbocycles. The fourth-order valence-corrected chi connectivity index (χ4v) is 2.67. The lowest BCUT2D eigenvalue weighted by Gasteiger charge is -2.04. The van der Waals surface area contributed by atoms with Gasteiger partial charge in [-0.2, -0.15) is 5.26 Å². The summed E-state index contributed by atoms with van der Waals surface area (Å²) in [4.78, 5) is 0. The summed E-state index contributed by atoms with van der Waals surface area (Å²) >= 11 is 2.80. The van der Waals surface area contributed by atoms with E-state index in [-0.39, 0.29) is 0 Å². The van der Waals surface area contributed by atoms with Gasteiger partial charge >= 0.3 is 0 Å². The van der Waals surface area contributed by atoms with Crippen LogP contribution in [0.15, 0.2) is 28.6 Å². The molecule has 0 amide bonds. The van der Waals surface area contributed by atoms with Crippen LogP contribution in [-0.2, 0) is 0 Å². The first-order valence-electron chi connectivity index (χ1n) is 5.06. The van der Waals surface area contributed by atoms with Crippen molar-refractivity contribution in [2.75, 3.05) is 18.2 Å². The van der Waals surface area contributed by atoms with Crippen molar-refractivity contribution < 1.29 is 4.74 Å². The minimum atomic E-state index is 0.383. The molecule has 92 valence electrons. The lowest BCUT2D eigenvalue weighted by atomic mass is 10.3. The van der Waals surface area contributed by atoms with Gasteiger partial charge in [-0.05, 0) is 12.1 Å². The summed E-state index contributed by atoms with van der Waals surface area (Å²) < 4.78 is 5.92. The lowest BCUT2D eigenvalue weighted by Crippen LogP contribution is -1.90. The molecule has 1 aromatic carbocycles. The number of nitriles is 1. The summed E-state index contributed by atoms with van der Waals surface area (Å²) in [5.41, 5.74) is 0.891. The summed E-state index contributed by atoms with van der Waals surface area (Å²) in [6, 6.07) is 9.63. The fraction of sp³-hybridized carbons (Fsp3) is 0.182. The largest absolute Gasteiger partial charge is 0.497 e. The van der Waals surface area contributed by atoms with Gasteiger partial charge in [-0.1, -0.05) is 29.2 Å². The molecule has 0 saturated carbocycles. The van der Waals surface area contributed by atoms with Crippen LogP contribution in [0.1, 0.15) is 0 Å². The van der Waals surface area contributed by atoms with E-state index in [4.69, 9.17) is 10.00 Å². The molecule has 1 aromatic heterocycles. The van der Waals surface area contributed by atoms with E-state index in [1.807, 2.05) is 24.3 Å². The van der Waals surface area contributed by atoms with Gasteiger partial charge in [0.15, 0.2) is 4.34 Å². The molecule has 0 aliphatic rings. The van der Waals surface area contributed by atoms with Crippen molar-refractivity contribution in [1.29, 1.82) is 5.26 Å². The highest BCUT2D eigenvalue weighted by Gasteiger charge is 2.05. The van der Waals surface area contributed by atoms with Gasteiger partial charge in [-0.15, -0.1) is 10.2 Å². The highest BCUT2D eigenvalue weighted by Crippen LogP contribution is 2.28. The van der Waals surface area contributed by atoms with E-state index in [0.29, 0.717) is 10.9 Å². The molecule has 0 bridgehead atoms. The number of methoxy groups -OCH3 is 1. The second-order valence-electron chi connectivity index (χ2n) is 3.18. The van der Waals surface area contributed by atoms with Crippen molar-refractivity contribution >= 4 is 33.9 Å². The highest BCUT2D eigenvalue weighted by molar-refractivity contribution is 8.01. The standard InChI is InChI=1S/C11H10N4OS2/c1-16-9-4-2-3-8(7-9)13-10-14-15-11(18-10)17-6-5-12/h2-4,7H,6H2,1H3,(H,13,14). The number of anilines is 2. The first-order valence-corrected chi connectivity index (χ1v) is 6.86. The van der Waals surface area contributed by atoms with Gasteiger partial charge < -0.3 is 10.1 Å². The van der Waals surface area contributed by atoms with E-state index in [0.717, 1.165) is 15.8 Å². The SMILES string of the molecule is COc1cccc(Nc2nnc(SCC#N)s2)c1.